The summed E-state index contributed by atoms with van der Waals surface area (Å²) in [6, 6.07) is 5.77. The predicted octanol–water partition coefficient (Wildman–Crippen LogP) is 2.23. The number of nitrogens with zero attached hydrogens (tertiary/aromatic N) is 3. The van der Waals surface area contributed by atoms with Crippen LogP contribution in [0.3, 0.4) is 0 Å². The minimum atomic E-state index is 0.663. The van der Waals surface area contributed by atoms with Crippen molar-refractivity contribution in [1.29, 1.82) is 0 Å². The highest BCUT2D eigenvalue weighted by Gasteiger charge is 2.02. The molecule has 0 saturated carbocycles. The summed E-state index contributed by atoms with van der Waals surface area (Å²) < 4.78 is 0. The zero-order chi connectivity index (χ0) is 9.26. The number of aryl methyl sites for hydroxylation is 1. The van der Waals surface area contributed by atoms with Crippen molar-refractivity contribution in [3.05, 3.63) is 41.2 Å². The topological polar surface area (TPSA) is 30.7 Å². The highest BCUT2D eigenvalue weighted by molar-refractivity contribution is 6.32. The van der Waals surface area contributed by atoms with E-state index in [4.69, 9.17) is 11.6 Å². The second-order valence-electron chi connectivity index (χ2n) is 2.77. The molecule has 3 nitrogen and oxygen atoms in total. The molecule has 1 aromatic carbocycles. The number of halogens is 1. The van der Waals surface area contributed by atoms with Gasteiger partial charge in [0, 0.05) is 0 Å². The first kappa shape index (κ1) is 8.26. The van der Waals surface area contributed by atoms with Gasteiger partial charge >= 0.3 is 0 Å². The summed E-state index contributed by atoms with van der Waals surface area (Å²) in [5.74, 6) is 0. The number of hydrogen-bond acceptors (Lipinski definition) is 2. The molecular weight excluding hydrogens is 186 g/mol. The number of rotatable bonds is 1. The second kappa shape index (κ2) is 3.18. The molecule has 0 atom stereocenters. The van der Waals surface area contributed by atoms with Crippen LogP contribution in [0.15, 0.2) is 30.6 Å². The van der Waals surface area contributed by atoms with E-state index in [0.717, 1.165) is 11.3 Å². The summed E-state index contributed by atoms with van der Waals surface area (Å²) in [6.45, 7) is 1.99. The van der Waals surface area contributed by atoms with Crippen molar-refractivity contribution < 1.29 is 0 Å². The molecule has 66 valence electrons. The molecule has 1 heterocycles. The Hall–Kier alpha value is -1.35. The number of benzene rings is 1. The van der Waals surface area contributed by atoms with Crippen LogP contribution in [0, 0.1) is 6.92 Å². The van der Waals surface area contributed by atoms with E-state index in [0.29, 0.717) is 5.02 Å². The van der Waals surface area contributed by atoms with Gasteiger partial charge in [-0.15, -0.1) is 0 Å². The molecule has 4 heteroatoms. The van der Waals surface area contributed by atoms with E-state index in [1.807, 2.05) is 25.1 Å². The lowest BCUT2D eigenvalue weighted by molar-refractivity contribution is 0.752. The Labute approximate surface area is 81.0 Å². The van der Waals surface area contributed by atoms with E-state index >= 15 is 0 Å². The molecule has 0 radical (unpaired) electrons. The Bertz CT molecular complexity index is 409. The van der Waals surface area contributed by atoms with Gasteiger partial charge in [0.1, 0.15) is 5.69 Å². The number of aromatic nitrogens is 3. The van der Waals surface area contributed by atoms with Gasteiger partial charge in [0.25, 0.3) is 0 Å². The van der Waals surface area contributed by atoms with Crippen molar-refractivity contribution in [2.24, 2.45) is 0 Å². The van der Waals surface area contributed by atoms with Crippen LogP contribution in [0.5, 0.6) is 0 Å². The highest BCUT2D eigenvalue weighted by Crippen LogP contribution is 2.19. The monoisotopic (exact) mass is 193 g/mol. The zero-order valence-corrected chi connectivity index (χ0v) is 7.86. The highest BCUT2D eigenvalue weighted by atomic mass is 35.5. The molecule has 0 aliphatic rings. The molecule has 2 rings (SSSR count). The third kappa shape index (κ3) is 1.55. The summed E-state index contributed by atoms with van der Waals surface area (Å²) in [7, 11) is 0. The van der Waals surface area contributed by atoms with Crippen LogP contribution in [0.4, 0.5) is 0 Å². The van der Waals surface area contributed by atoms with Gasteiger partial charge in [0.2, 0.25) is 0 Å². The van der Waals surface area contributed by atoms with E-state index in [1.54, 1.807) is 12.4 Å². The van der Waals surface area contributed by atoms with E-state index in [2.05, 4.69) is 10.2 Å². The molecule has 0 spiro atoms. The minimum absolute atomic E-state index is 0.663. The fourth-order valence-electron chi connectivity index (χ4n) is 1.11. The van der Waals surface area contributed by atoms with E-state index in [9.17, 15) is 0 Å². The van der Waals surface area contributed by atoms with Crippen LogP contribution in [-0.2, 0) is 0 Å². The van der Waals surface area contributed by atoms with Crippen LogP contribution < -0.4 is 0 Å². The maximum Gasteiger partial charge on any atom is 0.104 e. The predicted molar refractivity (Wildman–Crippen MR) is 51.1 cm³/mol. The second-order valence-corrected chi connectivity index (χ2v) is 3.18. The quantitative estimate of drug-likeness (QED) is 0.696. The summed E-state index contributed by atoms with van der Waals surface area (Å²) in [6.07, 6.45) is 3.24. The molecule has 0 N–H and O–H groups in total. The van der Waals surface area contributed by atoms with Crippen molar-refractivity contribution in [2.45, 2.75) is 6.92 Å². The average Bonchev–Trinajstić information content (AvgIpc) is 2.56. The van der Waals surface area contributed by atoms with Crippen LogP contribution in [0.1, 0.15) is 5.56 Å². The van der Waals surface area contributed by atoms with Gasteiger partial charge in [0.15, 0.2) is 0 Å². The maximum absolute atomic E-state index is 6.02. The fourth-order valence-corrected chi connectivity index (χ4v) is 1.42. The van der Waals surface area contributed by atoms with Crippen molar-refractivity contribution in [1.82, 2.24) is 15.0 Å². The molecule has 13 heavy (non-hydrogen) atoms. The van der Waals surface area contributed by atoms with Crippen LogP contribution in [-0.4, -0.2) is 15.0 Å². The molecule has 0 aliphatic heterocycles. The zero-order valence-electron chi connectivity index (χ0n) is 7.11. The molecule has 0 aliphatic carbocycles. The first-order valence-electron chi connectivity index (χ1n) is 3.90. The van der Waals surface area contributed by atoms with Gasteiger partial charge in [-0.2, -0.15) is 15.0 Å². The van der Waals surface area contributed by atoms with Crippen molar-refractivity contribution in [2.75, 3.05) is 0 Å². The summed E-state index contributed by atoms with van der Waals surface area (Å²) in [4.78, 5) is 1.50. The molecule has 1 aromatic heterocycles. The normalized spacial score (nSPS) is 10.3. The molecular formula is C9H8ClN3. The molecule has 0 saturated heterocycles. The lowest BCUT2D eigenvalue weighted by Crippen LogP contribution is -1.99. The fraction of sp³-hybridized carbons (Fsp3) is 0.111. The third-order valence-corrected chi connectivity index (χ3v) is 2.04. The maximum atomic E-state index is 6.02. The van der Waals surface area contributed by atoms with E-state index in [1.165, 1.54) is 4.80 Å². The lowest BCUT2D eigenvalue weighted by Gasteiger charge is -2.02. The first-order valence-corrected chi connectivity index (χ1v) is 4.28. The van der Waals surface area contributed by atoms with Crippen LogP contribution in [0.2, 0.25) is 5.02 Å². The summed E-state index contributed by atoms with van der Waals surface area (Å²) in [5, 5.41) is 8.66. The van der Waals surface area contributed by atoms with Gasteiger partial charge in [-0.25, -0.2) is 0 Å². The molecule has 0 fully saturated rings. The number of hydrogen-bond donors (Lipinski definition) is 0. The SMILES string of the molecule is Cc1ccc(-n2nccn2)c(Cl)c1. The van der Waals surface area contributed by atoms with Gasteiger partial charge in [-0.1, -0.05) is 17.7 Å². The Morgan fingerprint density at radius 1 is 1.23 bits per heavy atom. The summed E-state index contributed by atoms with van der Waals surface area (Å²) in [5.41, 5.74) is 1.93. The van der Waals surface area contributed by atoms with Gasteiger partial charge in [-0.3, -0.25) is 0 Å². The van der Waals surface area contributed by atoms with Crippen molar-refractivity contribution in [3.63, 3.8) is 0 Å². The van der Waals surface area contributed by atoms with Crippen molar-refractivity contribution in [3.8, 4) is 5.69 Å². The van der Waals surface area contributed by atoms with Gasteiger partial charge in [0.05, 0.1) is 17.4 Å². The first-order chi connectivity index (χ1) is 6.27. The molecule has 0 unspecified atom stereocenters. The lowest BCUT2D eigenvalue weighted by atomic mass is 10.2. The Kier molecular flexibility index (Phi) is 2.02. The van der Waals surface area contributed by atoms with Gasteiger partial charge in [-0.05, 0) is 24.6 Å². The Morgan fingerprint density at radius 3 is 2.54 bits per heavy atom. The van der Waals surface area contributed by atoms with Crippen molar-refractivity contribution >= 4 is 11.6 Å². The minimum Gasteiger partial charge on any atom is -0.157 e. The molecule has 0 bridgehead atoms. The Balaban J connectivity index is 2.53. The van der Waals surface area contributed by atoms with E-state index < -0.39 is 0 Å². The summed E-state index contributed by atoms with van der Waals surface area (Å²) >= 11 is 6.02. The van der Waals surface area contributed by atoms with Crippen LogP contribution >= 0.6 is 11.6 Å². The smallest absolute Gasteiger partial charge is 0.104 e. The Morgan fingerprint density at radius 2 is 1.92 bits per heavy atom. The van der Waals surface area contributed by atoms with E-state index in [-0.39, 0.29) is 0 Å². The standard InChI is InChI=1S/C9H8ClN3/c1-7-2-3-9(8(10)6-7)13-11-4-5-12-13/h2-6H,1H3. The third-order valence-electron chi connectivity index (χ3n) is 1.74. The van der Waals surface area contributed by atoms with Crippen LogP contribution in [0.25, 0.3) is 5.69 Å². The van der Waals surface area contributed by atoms with Gasteiger partial charge < -0.3 is 0 Å². The molecule has 2 aromatic rings. The molecule has 0 amide bonds. The largest absolute Gasteiger partial charge is 0.157 e. The average molecular weight is 194 g/mol.